The van der Waals surface area contributed by atoms with Crippen molar-refractivity contribution in [3.63, 3.8) is 0 Å². The van der Waals surface area contributed by atoms with Gasteiger partial charge in [0.05, 0.1) is 17.0 Å². The zero-order valence-corrected chi connectivity index (χ0v) is 17.5. The van der Waals surface area contributed by atoms with Gasteiger partial charge in [0.15, 0.2) is 0 Å². The van der Waals surface area contributed by atoms with Gasteiger partial charge < -0.3 is 4.42 Å². The number of nitro benzene ring substituents is 1. The van der Waals surface area contributed by atoms with Gasteiger partial charge in [-0.05, 0) is 56.3 Å². The predicted octanol–water partition coefficient (Wildman–Crippen LogP) is 5.08. The number of piperazine rings is 1. The zero-order valence-electron chi connectivity index (χ0n) is 17.5. The van der Waals surface area contributed by atoms with E-state index in [1.165, 1.54) is 57.6 Å². The van der Waals surface area contributed by atoms with E-state index in [1.54, 1.807) is 12.1 Å². The summed E-state index contributed by atoms with van der Waals surface area (Å²) in [5.41, 5.74) is 0.649. The van der Waals surface area contributed by atoms with Crippen molar-refractivity contribution in [1.29, 1.82) is 0 Å². The summed E-state index contributed by atoms with van der Waals surface area (Å²) in [4.78, 5) is 16.4. The van der Waals surface area contributed by atoms with Gasteiger partial charge in [0.1, 0.15) is 11.5 Å². The predicted molar refractivity (Wildman–Crippen MR) is 116 cm³/mol. The molecule has 0 radical (unpaired) electrons. The molecule has 1 saturated carbocycles. The Morgan fingerprint density at radius 1 is 0.967 bits per heavy atom. The third-order valence-electron chi connectivity index (χ3n) is 7.42. The maximum absolute atomic E-state index is 11.4. The van der Waals surface area contributed by atoms with E-state index in [9.17, 15) is 10.1 Å². The summed E-state index contributed by atoms with van der Waals surface area (Å²) in [5.74, 6) is 2.29. The zero-order chi connectivity index (χ0) is 20.5. The van der Waals surface area contributed by atoms with E-state index < -0.39 is 0 Å². The van der Waals surface area contributed by atoms with Crippen molar-refractivity contribution < 1.29 is 9.34 Å². The Morgan fingerprint density at radius 3 is 2.63 bits per heavy atom. The quantitative estimate of drug-likeness (QED) is 0.509. The van der Waals surface area contributed by atoms with Gasteiger partial charge in [-0.15, -0.1) is 0 Å². The van der Waals surface area contributed by atoms with Crippen LogP contribution >= 0.6 is 0 Å². The topological polar surface area (TPSA) is 62.8 Å². The van der Waals surface area contributed by atoms with Crippen LogP contribution in [0.3, 0.4) is 0 Å². The summed E-state index contributed by atoms with van der Waals surface area (Å²) in [6.07, 6.45) is 9.46. The van der Waals surface area contributed by atoms with Crippen LogP contribution in [0.5, 0.6) is 0 Å². The average molecular weight is 410 g/mol. The van der Waals surface area contributed by atoms with Crippen molar-refractivity contribution in [3.8, 4) is 11.3 Å². The number of rotatable bonds is 5. The lowest BCUT2D eigenvalue weighted by atomic mass is 9.78. The van der Waals surface area contributed by atoms with Gasteiger partial charge in [0, 0.05) is 31.2 Å². The maximum Gasteiger partial charge on any atom is 0.280 e. The Balaban J connectivity index is 1.37. The molecule has 160 valence electrons. The SMILES string of the molecule is O=[N+]([O-])c1ccccc1-c1ccc(CN2CCN3CCC[C@H]3[C@@H]2C2CCCCC2)o1. The summed E-state index contributed by atoms with van der Waals surface area (Å²) >= 11 is 0. The molecule has 6 heteroatoms. The summed E-state index contributed by atoms with van der Waals surface area (Å²) in [6, 6.07) is 12.0. The molecule has 5 rings (SSSR count). The van der Waals surface area contributed by atoms with E-state index in [4.69, 9.17) is 4.42 Å². The van der Waals surface area contributed by atoms with Crippen LogP contribution in [0, 0.1) is 16.0 Å². The monoisotopic (exact) mass is 409 g/mol. The number of furan rings is 1. The van der Waals surface area contributed by atoms with Gasteiger partial charge in [-0.1, -0.05) is 31.4 Å². The Labute approximate surface area is 178 Å². The van der Waals surface area contributed by atoms with Crippen LogP contribution in [-0.2, 0) is 6.54 Å². The Kier molecular flexibility index (Phi) is 5.61. The van der Waals surface area contributed by atoms with Crippen LogP contribution < -0.4 is 0 Å². The highest BCUT2D eigenvalue weighted by atomic mass is 16.6. The molecule has 0 unspecified atom stereocenters. The molecule has 0 spiro atoms. The molecule has 3 fully saturated rings. The van der Waals surface area contributed by atoms with Gasteiger partial charge in [-0.2, -0.15) is 0 Å². The van der Waals surface area contributed by atoms with Crippen molar-refractivity contribution in [2.45, 2.75) is 63.6 Å². The van der Waals surface area contributed by atoms with Gasteiger partial charge in [-0.25, -0.2) is 0 Å². The first-order chi connectivity index (χ1) is 14.7. The van der Waals surface area contributed by atoms with E-state index in [2.05, 4.69) is 9.80 Å². The number of hydrogen-bond acceptors (Lipinski definition) is 5. The second-order valence-electron chi connectivity index (χ2n) is 9.14. The number of fused-ring (bicyclic) bond motifs is 1. The fraction of sp³-hybridized carbons (Fsp3) is 0.583. The van der Waals surface area contributed by atoms with Crippen molar-refractivity contribution in [3.05, 3.63) is 52.3 Å². The van der Waals surface area contributed by atoms with Crippen molar-refractivity contribution in [2.75, 3.05) is 19.6 Å². The molecule has 2 aromatic rings. The summed E-state index contributed by atoms with van der Waals surface area (Å²) in [6.45, 7) is 4.28. The van der Waals surface area contributed by atoms with E-state index >= 15 is 0 Å². The number of nitro groups is 1. The molecule has 1 aromatic carbocycles. The highest BCUT2D eigenvalue weighted by molar-refractivity contribution is 5.69. The van der Waals surface area contributed by atoms with E-state index in [-0.39, 0.29) is 10.6 Å². The molecule has 2 atom stereocenters. The number of para-hydroxylation sites is 1. The first-order valence-electron chi connectivity index (χ1n) is 11.5. The molecular formula is C24H31N3O3. The minimum Gasteiger partial charge on any atom is -0.459 e. The Hall–Kier alpha value is -2.18. The largest absolute Gasteiger partial charge is 0.459 e. The number of hydrogen-bond donors (Lipinski definition) is 0. The van der Waals surface area contributed by atoms with Crippen LogP contribution in [0.15, 0.2) is 40.8 Å². The van der Waals surface area contributed by atoms with E-state index in [0.717, 1.165) is 31.3 Å². The molecular weight excluding hydrogens is 378 g/mol. The third-order valence-corrected chi connectivity index (χ3v) is 7.42. The van der Waals surface area contributed by atoms with Crippen LogP contribution in [0.1, 0.15) is 50.7 Å². The van der Waals surface area contributed by atoms with E-state index in [1.807, 2.05) is 18.2 Å². The maximum atomic E-state index is 11.4. The van der Waals surface area contributed by atoms with E-state index in [0.29, 0.717) is 23.4 Å². The third kappa shape index (κ3) is 3.79. The van der Waals surface area contributed by atoms with Crippen molar-refractivity contribution >= 4 is 5.69 Å². The fourth-order valence-corrected chi connectivity index (χ4v) is 6.09. The lowest BCUT2D eigenvalue weighted by Gasteiger charge is -2.49. The van der Waals surface area contributed by atoms with Gasteiger partial charge in [-0.3, -0.25) is 19.9 Å². The normalized spacial score (nSPS) is 26.0. The summed E-state index contributed by atoms with van der Waals surface area (Å²) in [5, 5.41) is 11.4. The van der Waals surface area contributed by atoms with Gasteiger partial charge in [0.2, 0.25) is 0 Å². The highest BCUT2D eigenvalue weighted by Crippen LogP contribution is 2.38. The summed E-state index contributed by atoms with van der Waals surface area (Å²) in [7, 11) is 0. The lowest BCUT2D eigenvalue weighted by molar-refractivity contribution is -0.384. The second kappa shape index (κ2) is 8.52. The minimum absolute atomic E-state index is 0.0954. The molecule has 0 bridgehead atoms. The molecule has 2 saturated heterocycles. The molecule has 1 aliphatic carbocycles. The first kappa shape index (κ1) is 19.8. The molecule has 6 nitrogen and oxygen atoms in total. The number of nitrogens with zero attached hydrogens (tertiary/aromatic N) is 3. The molecule has 30 heavy (non-hydrogen) atoms. The second-order valence-corrected chi connectivity index (χ2v) is 9.14. The van der Waals surface area contributed by atoms with Crippen LogP contribution in [-0.4, -0.2) is 46.4 Å². The Bertz CT molecular complexity index is 889. The van der Waals surface area contributed by atoms with Crippen LogP contribution in [0.2, 0.25) is 0 Å². The summed E-state index contributed by atoms with van der Waals surface area (Å²) < 4.78 is 6.15. The van der Waals surface area contributed by atoms with Crippen molar-refractivity contribution in [1.82, 2.24) is 9.80 Å². The van der Waals surface area contributed by atoms with Crippen LogP contribution in [0.4, 0.5) is 5.69 Å². The standard InChI is InChI=1S/C24H31N3O3/c28-27(29)21-10-5-4-9-20(21)23-13-12-19(30-23)17-26-16-15-25-14-6-11-22(25)24(26)18-7-2-1-3-8-18/h4-5,9-10,12-13,18,22,24H,1-3,6-8,11,14-17H2/t22-,24-/m0/s1. The molecule has 3 aliphatic rings. The Morgan fingerprint density at radius 2 is 1.80 bits per heavy atom. The molecule has 2 aliphatic heterocycles. The lowest BCUT2D eigenvalue weighted by Crippen LogP contribution is -2.59. The fourth-order valence-electron chi connectivity index (χ4n) is 6.09. The van der Waals surface area contributed by atoms with Gasteiger partial charge in [0.25, 0.3) is 5.69 Å². The number of benzene rings is 1. The van der Waals surface area contributed by atoms with Gasteiger partial charge >= 0.3 is 0 Å². The molecule has 1 aromatic heterocycles. The van der Waals surface area contributed by atoms with Crippen LogP contribution in [0.25, 0.3) is 11.3 Å². The first-order valence-corrected chi connectivity index (χ1v) is 11.5. The average Bonchev–Trinajstić information content (AvgIpc) is 3.44. The van der Waals surface area contributed by atoms with Crippen molar-refractivity contribution in [2.24, 2.45) is 5.92 Å². The highest BCUT2D eigenvalue weighted by Gasteiger charge is 2.43. The minimum atomic E-state index is -0.337. The smallest absolute Gasteiger partial charge is 0.280 e. The molecule has 0 amide bonds. The molecule has 3 heterocycles. The molecule has 0 N–H and O–H groups in total.